The van der Waals surface area contributed by atoms with Gasteiger partial charge in [0.05, 0.1) is 11.8 Å². The number of amides is 1. The lowest BCUT2D eigenvalue weighted by Gasteiger charge is -2.31. The zero-order chi connectivity index (χ0) is 18.7. The van der Waals surface area contributed by atoms with Gasteiger partial charge in [-0.15, -0.1) is 0 Å². The van der Waals surface area contributed by atoms with Crippen molar-refractivity contribution in [3.63, 3.8) is 0 Å². The average molecular weight is 382 g/mol. The van der Waals surface area contributed by atoms with E-state index in [0.717, 1.165) is 11.3 Å². The topological polar surface area (TPSA) is 84.9 Å². The molecule has 0 aliphatic carbocycles. The van der Waals surface area contributed by atoms with Gasteiger partial charge < -0.3 is 14.8 Å². The van der Waals surface area contributed by atoms with Crippen LogP contribution in [0.3, 0.4) is 0 Å². The zero-order valence-corrected chi connectivity index (χ0v) is 16.0. The second-order valence-corrected chi connectivity index (χ2v) is 8.96. The lowest BCUT2D eigenvalue weighted by Crippen LogP contribution is -2.43. The van der Waals surface area contributed by atoms with E-state index in [0.29, 0.717) is 44.9 Å². The van der Waals surface area contributed by atoms with Gasteiger partial charge in [-0.1, -0.05) is 6.07 Å². The van der Waals surface area contributed by atoms with Gasteiger partial charge in [-0.3, -0.25) is 4.79 Å². The van der Waals surface area contributed by atoms with Crippen molar-refractivity contribution in [2.75, 3.05) is 32.1 Å². The monoisotopic (exact) mass is 382 g/mol. The highest BCUT2D eigenvalue weighted by Gasteiger charge is 2.30. The fourth-order valence-electron chi connectivity index (χ4n) is 3.32. The molecule has 1 saturated heterocycles. The lowest BCUT2D eigenvalue weighted by atomic mass is 9.96. The summed E-state index contributed by atoms with van der Waals surface area (Å²) < 4.78 is 36.4. The first-order chi connectivity index (χ1) is 12.4. The fourth-order valence-corrected chi connectivity index (χ4v) is 4.45. The third-order valence-corrected chi connectivity index (χ3v) is 6.89. The van der Waals surface area contributed by atoms with Crippen molar-refractivity contribution in [1.29, 1.82) is 0 Å². The van der Waals surface area contributed by atoms with Crippen LogP contribution in [0.25, 0.3) is 0 Å². The standard InChI is InChI=1S/C18H26N2O5S/c1-3-26(22,23)20-8-6-14(7-9-20)18(21)19-13(2)15-4-5-16-17(12-15)25-11-10-24-16/h4-5,12-14H,3,6-11H2,1-2H3,(H,19,21)/t13-/m1/s1. The van der Waals surface area contributed by atoms with E-state index >= 15 is 0 Å². The number of hydrogen-bond donors (Lipinski definition) is 1. The van der Waals surface area contributed by atoms with Gasteiger partial charge in [0.25, 0.3) is 0 Å². The van der Waals surface area contributed by atoms with Crippen LogP contribution in [0.4, 0.5) is 0 Å². The van der Waals surface area contributed by atoms with E-state index in [2.05, 4.69) is 5.32 Å². The first-order valence-corrected chi connectivity index (χ1v) is 10.7. The number of piperidine rings is 1. The number of carbonyl (C=O) groups is 1. The van der Waals surface area contributed by atoms with E-state index in [4.69, 9.17) is 9.47 Å². The Bertz CT molecular complexity index is 757. The molecule has 8 heteroatoms. The first-order valence-electron chi connectivity index (χ1n) is 9.08. The quantitative estimate of drug-likeness (QED) is 0.838. The Morgan fingerprint density at radius 1 is 1.23 bits per heavy atom. The molecule has 1 atom stereocenters. The van der Waals surface area contributed by atoms with Crippen LogP contribution in [0, 0.1) is 5.92 Å². The Labute approximate surface area is 154 Å². The smallest absolute Gasteiger partial charge is 0.223 e. The number of hydrogen-bond acceptors (Lipinski definition) is 5. The summed E-state index contributed by atoms with van der Waals surface area (Å²) in [6, 6.07) is 5.53. The van der Waals surface area contributed by atoms with Gasteiger partial charge >= 0.3 is 0 Å². The highest BCUT2D eigenvalue weighted by molar-refractivity contribution is 7.89. The SMILES string of the molecule is CCS(=O)(=O)N1CCC(C(=O)N[C@H](C)c2ccc3c(c2)OCCO3)CC1. The lowest BCUT2D eigenvalue weighted by molar-refractivity contribution is -0.126. The van der Waals surface area contributed by atoms with E-state index in [9.17, 15) is 13.2 Å². The molecule has 0 saturated carbocycles. The molecule has 0 unspecified atom stereocenters. The van der Waals surface area contributed by atoms with Crippen molar-refractivity contribution in [2.45, 2.75) is 32.7 Å². The Morgan fingerprint density at radius 2 is 1.88 bits per heavy atom. The molecule has 1 amide bonds. The summed E-state index contributed by atoms with van der Waals surface area (Å²) in [5.74, 6) is 1.35. The molecule has 2 aliphatic rings. The molecule has 1 aromatic carbocycles. The molecular weight excluding hydrogens is 356 g/mol. The molecule has 2 aliphatic heterocycles. The van der Waals surface area contributed by atoms with Crippen LogP contribution in [0.1, 0.15) is 38.3 Å². The van der Waals surface area contributed by atoms with Gasteiger partial charge in [0, 0.05) is 19.0 Å². The molecule has 0 bridgehead atoms. The van der Waals surface area contributed by atoms with Crippen molar-refractivity contribution in [2.24, 2.45) is 5.92 Å². The van der Waals surface area contributed by atoms with Crippen LogP contribution in [0.2, 0.25) is 0 Å². The summed E-state index contributed by atoms with van der Waals surface area (Å²) in [7, 11) is -3.17. The van der Waals surface area contributed by atoms with E-state index in [1.54, 1.807) is 6.92 Å². The van der Waals surface area contributed by atoms with Gasteiger partial charge in [0.1, 0.15) is 13.2 Å². The fraction of sp³-hybridized carbons (Fsp3) is 0.611. The molecule has 26 heavy (non-hydrogen) atoms. The van der Waals surface area contributed by atoms with Crippen molar-refractivity contribution in [3.8, 4) is 11.5 Å². The summed E-state index contributed by atoms with van der Waals surface area (Å²) in [5, 5.41) is 3.04. The maximum Gasteiger partial charge on any atom is 0.223 e. The summed E-state index contributed by atoms with van der Waals surface area (Å²) in [6.45, 7) is 5.46. The largest absolute Gasteiger partial charge is 0.486 e. The highest BCUT2D eigenvalue weighted by Crippen LogP contribution is 2.32. The molecule has 0 aromatic heterocycles. The number of sulfonamides is 1. The van der Waals surface area contributed by atoms with Crippen molar-refractivity contribution in [1.82, 2.24) is 9.62 Å². The van der Waals surface area contributed by atoms with Crippen molar-refractivity contribution in [3.05, 3.63) is 23.8 Å². The minimum atomic E-state index is -3.17. The van der Waals surface area contributed by atoms with Crippen LogP contribution in [0.5, 0.6) is 11.5 Å². The van der Waals surface area contributed by atoms with Gasteiger partial charge in [-0.05, 0) is 44.4 Å². The van der Waals surface area contributed by atoms with Gasteiger partial charge in [0.15, 0.2) is 11.5 Å². The molecular formula is C18H26N2O5S. The van der Waals surface area contributed by atoms with Crippen LogP contribution < -0.4 is 14.8 Å². The Morgan fingerprint density at radius 3 is 2.54 bits per heavy atom. The molecule has 7 nitrogen and oxygen atoms in total. The summed E-state index contributed by atoms with van der Waals surface area (Å²) in [5.41, 5.74) is 0.952. The van der Waals surface area contributed by atoms with Gasteiger partial charge in [-0.2, -0.15) is 0 Å². The predicted molar refractivity (Wildman–Crippen MR) is 97.7 cm³/mol. The Kier molecular flexibility index (Phi) is 5.72. The minimum Gasteiger partial charge on any atom is -0.486 e. The molecule has 1 N–H and O–H groups in total. The van der Waals surface area contributed by atoms with E-state index < -0.39 is 10.0 Å². The molecule has 2 heterocycles. The van der Waals surface area contributed by atoms with Gasteiger partial charge in [-0.25, -0.2) is 12.7 Å². The molecule has 1 aromatic rings. The number of benzene rings is 1. The molecule has 0 spiro atoms. The maximum atomic E-state index is 12.6. The predicted octanol–water partition coefficient (Wildman–Crippen LogP) is 1.70. The van der Waals surface area contributed by atoms with E-state index in [1.165, 1.54) is 4.31 Å². The summed E-state index contributed by atoms with van der Waals surface area (Å²) >= 11 is 0. The number of ether oxygens (including phenoxy) is 2. The second kappa shape index (κ2) is 7.84. The van der Waals surface area contributed by atoms with Gasteiger partial charge in [0.2, 0.25) is 15.9 Å². The van der Waals surface area contributed by atoms with Crippen molar-refractivity contribution < 1.29 is 22.7 Å². The third kappa shape index (κ3) is 4.12. The molecule has 1 fully saturated rings. The van der Waals surface area contributed by atoms with E-state index in [-0.39, 0.29) is 23.6 Å². The zero-order valence-electron chi connectivity index (χ0n) is 15.2. The number of nitrogens with zero attached hydrogens (tertiary/aromatic N) is 1. The van der Waals surface area contributed by atoms with Crippen LogP contribution in [0.15, 0.2) is 18.2 Å². The van der Waals surface area contributed by atoms with Crippen LogP contribution in [-0.4, -0.2) is 50.7 Å². The molecule has 144 valence electrons. The maximum absolute atomic E-state index is 12.6. The third-order valence-electron chi connectivity index (χ3n) is 5.01. The van der Waals surface area contributed by atoms with Crippen LogP contribution in [-0.2, 0) is 14.8 Å². The number of fused-ring (bicyclic) bond motifs is 1. The van der Waals surface area contributed by atoms with Crippen molar-refractivity contribution >= 4 is 15.9 Å². The number of carbonyl (C=O) groups excluding carboxylic acids is 1. The normalized spacial score (nSPS) is 19.8. The highest BCUT2D eigenvalue weighted by atomic mass is 32.2. The number of nitrogens with one attached hydrogen (secondary N) is 1. The van der Waals surface area contributed by atoms with E-state index in [1.807, 2.05) is 25.1 Å². The molecule has 3 rings (SSSR count). The number of rotatable bonds is 5. The average Bonchev–Trinajstić information content (AvgIpc) is 2.67. The molecule has 0 radical (unpaired) electrons. The Hall–Kier alpha value is -1.80. The van der Waals surface area contributed by atoms with Crippen LogP contribution >= 0.6 is 0 Å². The second-order valence-electron chi connectivity index (χ2n) is 6.71. The first kappa shape index (κ1) is 19.0. The summed E-state index contributed by atoms with van der Waals surface area (Å²) in [4.78, 5) is 12.6. The summed E-state index contributed by atoms with van der Waals surface area (Å²) in [6.07, 6.45) is 1.11. The minimum absolute atomic E-state index is 0.0269. The Balaban J connectivity index is 1.57.